The molecule has 7 nitrogen and oxygen atoms in total. The lowest BCUT2D eigenvalue weighted by atomic mass is 10.3. The van der Waals surface area contributed by atoms with Gasteiger partial charge in [-0.1, -0.05) is 0 Å². The standard InChI is InChI=1S/C7H8N6O/c8-3-11-7-12-5-4(6(14)13-7)9-1-2-10-5/h9H,1-2H2,(H3,10,11,12,13,14). The van der Waals surface area contributed by atoms with Crippen LogP contribution in [-0.4, -0.2) is 23.1 Å². The molecule has 2 heterocycles. The van der Waals surface area contributed by atoms with Gasteiger partial charge in [-0.2, -0.15) is 10.2 Å². The molecule has 1 aliphatic heterocycles. The molecular weight excluding hydrogens is 184 g/mol. The molecule has 0 atom stereocenters. The van der Waals surface area contributed by atoms with Crippen LogP contribution in [0.1, 0.15) is 0 Å². The Hall–Kier alpha value is -2.23. The first-order chi connectivity index (χ1) is 6.81. The van der Waals surface area contributed by atoms with Crippen LogP contribution in [0.3, 0.4) is 0 Å². The van der Waals surface area contributed by atoms with Crippen molar-refractivity contribution in [2.45, 2.75) is 0 Å². The van der Waals surface area contributed by atoms with Gasteiger partial charge in [0.05, 0.1) is 0 Å². The molecule has 0 unspecified atom stereocenters. The molecule has 0 saturated heterocycles. The van der Waals surface area contributed by atoms with Crippen molar-refractivity contribution < 1.29 is 0 Å². The molecule has 0 bridgehead atoms. The second-order valence-corrected chi connectivity index (χ2v) is 2.73. The number of fused-ring (bicyclic) bond motifs is 1. The fourth-order valence-corrected chi connectivity index (χ4v) is 1.25. The normalized spacial score (nSPS) is 13.1. The minimum atomic E-state index is -0.292. The van der Waals surface area contributed by atoms with E-state index in [0.29, 0.717) is 24.6 Å². The number of anilines is 3. The maximum absolute atomic E-state index is 11.4. The third-order valence-electron chi connectivity index (χ3n) is 1.81. The van der Waals surface area contributed by atoms with Gasteiger partial charge in [0.1, 0.15) is 5.69 Å². The predicted molar refractivity (Wildman–Crippen MR) is 51.1 cm³/mol. The number of nitrogens with zero attached hydrogens (tertiary/aromatic N) is 2. The van der Waals surface area contributed by atoms with Crippen molar-refractivity contribution in [1.82, 2.24) is 9.97 Å². The molecule has 0 spiro atoms. The van der Waals surface area contributed by atoms with E-state index in [1.807, 2.05) is 0 Å². The van der Waals surface area contributed by atoms with Gasteiger partial charge in [0, 0.05) is 13.1 Å². The smallest absolute Gasteiger partial charge is 0.277 e. The van der Waals surface area contributed by atoms with Crippen LogP contribution in [-0.2, 0) is 0 Å². The maximum atomic E-state index is 11.4. The van der Waals surface area contributed by atoms with Gasteiger partial charge in [-0.25, -0.2) is 0 Å². The molecule has 1 aromatic rings. The number of nitriles is 1. The molecular formula is C7H8N6O. The second kappa shape index (κ2) is 3.26. The zero-order valence-corrected chi connectivity index (χ0v) is 7.22. The maximum Gasteiger partial charge on any atom is 0.277 e. The SMILES string of the molecule is N#CNc1nc2c(c(=O)[nH]1)NCCN2. The summed E-state index contributed by atoms with van der Waals surface area (Å²) in [6, 6.07) is 0. The molecule has 1 aliphatic rings. The van der Waals surface area contributed by atoms with Crippen LogP contribution in [0, 0.1) is 11.5 Å². The summed E-state index contributed by atoms with van der Waals surface area (Å²) in [6.45, 7) is 1.39. The van der Waals surface area contributed by atoms with E-state index in [2.05, 4.69) is 25.9 Å². The van der Waals surface area contributed by atoms with Crippen molar-refractivity contribution in [3.8, 4) is 6.19 Å². The summed E-state index contributed by atoms with van der Waals surface area (Å²) >= 11 is 0. The number of rotatable bonds is 1. The second-order valence-electron chi connectivity index (χ2n) is 2.73. The van der Waals surface area contributed by atoms with Gasteiger partial charge in [-0.3, -0.25) is 15.1 Å². The first kappa shape index (κ1) is 8.37. The Morgan fingerprint density at radius 2 is 2.21 bits per heavy atom. The molecule has 1 aromatic heterocycles. The topological polar surface area (TPSA) is 106 Å². The Morgan fingerprint density at radius 3 is 3.00 bits per heavy atom. The van der Waals surface area contributed by atoms with E-state index in [0.717, 1.165) is 0 Å². The van der Waals surface area contributed by atoms with Crippen molar-refractivity contribution in [2.24, 2.45) is 0 Å². The van der Waals surface area contributed by atoms with Crippen molar-refractivity contribution in [2.75, 3.05) is 29.0 Å². The highest BCUT2D eigenvalue weighted by molar-refractivity contribution is 5.66. The molecule has 2 rings (SSSR count). The first-order valence-corrected chi connectivity index (χ1v) is 4.08. The highest BCUT2D eigenvalue weighted by Gasteiger charge is 2.13. The lowest BCUT2D eigenvalue weighted by Gasteiger charge is -2.17. The van der Waals surface area contributed by atoms with Gasteiger partial charge in [0.15, 0.2) is 12.0 Å². The lowest BCUT2D eigenvalue weighted by Crippen LogP contribution is -2.28. The fourth-order valence-electron chi connectivity index (χ4n) is 1.25. The number of nitrogens with one attached hydrogen (secondary N) is 4. The van der Waals surface area contributed by atoms with Gasteiger partial charge < -0.3 is 10.6 Å². The van der Waals surface area contributed by atoms with E-state index in [1.54, 1.807) is 6.19 Å². The number of aromatic nitrogens is 2. The van der Waals surface area contributed by atoms with E-state index in [1.165, 1.54) is 0 Å². The molecule has 72 valence electrons. The van der Waals surface area contributed by atoms with Crippen molar-refractivity contribution in [3.63, 3.8) is 0 Å². The van der Waals surface area contributed by atoms with Crippen LogP contribution in [0.25, 0.3) is 0 Å². The van der Waals surface area contributed by atoms with Gasteiger partial charge in [0.25, 0.3) is 5.56 Å². The summed E-state index contributed by atoms with van der Waals surface area (Å²) in [5, 5.41) is 16.5. The van der Waals surface area contributed by atoms with E-state index >= 15 is 0 Å². The Morgan fingerprint density at radius 1 is 1.43 bits per heavy atom. The largest absolute Gasteiger partial charge is 0.376 e. The molecule has 0 radical (unpaired) electrons. The Bertz CT molecular complexity index is 444. The minimum Gasteiger partial charge on any atom is -0.376 e. The molecule has 0 aliphatic carbocycles. The number of hydrogen-bond donors (Lipinski definition) is 4. The van der Waals surface area contributed by atoms with Crippen LogP contribution in [0.2, 0.25) is 0 Å². The molecule has 0 aromatic carbocycles. The molecule has 0 fully saturated rings. The van der Waals surface area contributed by atoms with Gasteiger partial charge in [0.2, 0.25) is 5.95 Å². The highest BCUT2D eigenvalue weighted by atomic mass is 16.1. The van der Waals surface area contributed by atoms with Crippen LogP contribution in [0.4, 0.5) is 17.5 Å². The van der Waals surface area contributed by atoms with Crippen LogP contribution in [0.15, 0.2) is 4.79 Å². The lowest BCUT2D eigenvalue weighted by molar-refractivity contribution is 0.987. The summed E-state index contributed by atoms with van der Waals surface area (Å²) in [5.74, 6) is 0.616. The third kappa shape index (κ3) is 1.33. The quantitative estimate of drug-likeness (QED) is 0.353. The van der Waals surface area contributed by atoms with Gasteiger partial charge >= 0.3 is 0 Å². The summed E-state index contributed by atoms with van der Waals surface area (Å²) in [4.78, 5) is 17.8. The summed E-state index contributed by atoms with van der Waals surface area (Å²) in [6.07, 6.45) is 1.69. The molecule has 4 N–H and O–H groups in total. The van der Waals surface area contributed by atoms with Crippen molar-refractivity contribution in [1.29, 1.82) is 5.26 Å². The van der Waals surface area contributed by atoms with Crippen LogP contribution < -0.4 is 21.5 Å². The average Bonchev–Trinajstić information content (AvgIpc) is 2.18. The fraction of sp³-hybridized carbons (Fsp3) is 0.286. The Balaban J connectivity index is 2.48. The summed E-state index contributed by atoms with van der Waals surface area (Å²) in [7, 11) is 0. The summed E-state index contributed by atoms with van der Waals surface area (Å²) < 4.78 is 0. The molecule has 0 amide bonds. The van der Waals surface area contributed by atoms with Crippen molar-refractivity contribution >= 4 is 17.5 Å². The molecule has 14 heavy (non-hydrogen) atoms. The third-order valence-corrected chi connectivity index (χ3v) is 1.81. The zero-order chi connectivity index (χ0) is 9.97. The Labute approximate surface area is 79.2 Å². The molecule has 0 saturated carbocycles. The van der Waals surface area contributed by atoms with Crippen LogP contribution in [0.5, 0.6) is 0 Å². The van der Waals surface area contributed by atoms with Crippen molar-refractivity contribution in [3.05, 3.63) is 10.4 Å². The summed E-state index contributed by atoms with van der Waals surface area (Å²) in [5.41, 5.74) is 0.125. The number of hydrogen-bond acceptors (Lipinski definition) is 6. The van der Waals surface area contributed by atoms with Gasteiger partial charge in [-0.05, 0) is 0 Å². The predicted octanol–water partition coefficient (Wildman–Crippen LogP) is -0.500. The molecule has 7 heteroatoms. The average molecular weight is 192 g/mol. The van der Waals surface area contributed by atoms with E-state index < -0.39 is 0 Å². The van der Waals surface area contributed by atoms with E-state index in [-0.39, 0.29) is 11.5 Å². The highest BCUT2D eigenvalue weighted by Crippen LogP contribution is 2.17. The number of H-pyrrole nitrogens is 1. The zero-order valence-electron chi connectivity index (χ0n) is 7.22. The minimum absolute atomic E-state index is 0.146. The van der Waals surface area contributed by atoms with Crippen LogP contribution >= 0.6 is 0 Å². The monoisotopic (exact) mass is 192 g/mol. The van der Waals surface area contributed by atoms with Gasteiger partial charge in [-0.15, -0.1) is 0 Å². The van der Waals surface area contributed by atoms with E-state index in [9.17, 15) is 4.79 Å². The Kier molecular flexibility index (Phi) is 1.95. The first-order valence-electron chi connectivity index (χ1n) is 4.08. The van der Waals surface area contributed by atoms with E-state index in [4.69, 9.17) is 5.26 Å². The number of aromatic amines is 1.